The molecule has 0 saturated heterocycles. The minimum absolute atomic E-state index is 0.174. The van der Waals surface area contributed by atoms with Crippen LogP contribution in [-0.4, -0.2) is 10.2 Å². The Kier molecular flexibility index (Phi) is 1.68. The molecule has 2 N–H and O–H groups in total. The summed E-state index contributed by atoms with van der Waals surface area (Å²) in [5, 5.41) is 18.7. The normalized spacial score (nSPS) is 15.7. The Bertz CT molecular complexity index is 305. The van der Waals surface area contributed by atoms with Gasteiger partial charge in [-0.2, -0.15) is 0 Å². The summed E-state index contributed by atoms with van der Waals surface area (Å²) < 4.78 is 0. The van der Waals surface area contributed by atoms with Crippen LogP contribution in [0.25, 0.3) is 0 Å². The maximum atomic E-state index is 9.48. The van der Waals surface area contributed by atoms with E-state index in [1.165, 1.54) is 6.07 Å². The summed E-state index contributed by atoms with van der Waals surface area (Å²) in [4.78, 5) is 0. The number of hydrogen-bond acceptors (Lipinski definition) is 2. The zero-order valence-electron chi connectivity index (χ0n) is 6.88. The Hall–Kier alpha value is -1.18. The van der Waals surface area contributed by atoms with Gasteiger partial charge in [0.15, 0.2) is 0 Å². The zero-order valence-corrected chi connectivity index (χ0v) is 6.88. The Morgan fingerprint density at radius 2 is 1.75 bits per heavy atom. The van der Waals surface area contributed by atoms with Crippen molar-refractivity contribution in [2.75, 3.05) is 0 Å². The number of benzene rings is 1. The van der Waals surface area contributed by atoms with E-state index in [0.29, 0.717) is 0 Å². The molecule has 64 valence electrons. The van der Waals surface area contributed by atoms with Crippen molar-refractivity contribution in [3.8, 4) is 11.5 Å². The zero-order chi connectivity index (χ0) is 8.55. The second-order valence-corrected chi connectivity index (χ2v) is 3.31. The van der Waals surface area contributed by atoms with Crippen LogP contribution in [-0.2, 0) is 12.8 Å². The summed E-state index contributed by atoms with van der Waals surface area (Å²) in [5.41, 5.74) is 2.14. The van der Waals surface area contributed by atoms with E-state index in [1.807, 2.05) is 0 Å². The third-order valence-electron chi connectivity index (χ3n) is 2.43. The third kappa shape index (κ3) is 1.13. The molecule has 2 rings (SSSR count). The average Bonchev–Trinajstić information content (AvgIpc) is 2.04. The molecule has 0 unspecified atom stereocenters. The fourth-order valence-electron chi connectivity index (χ4n) is 1.83. The maximum absolute atomic E-state index is 9.48. The first-order valence-electron chi connectivity index (χ1n) is 4.31. The number of aromatic hydroxyl groups is 2. The number of rotatable bonds is 0. The van der Waals surface area contributed by atoms with Crippen LogP contribution in [0.4, 0.5) is 0 Å². The van der Waals surface area contributed by atoms with Gasteiger partial charge in [0.25, 0.3) is 0 Å². The summed E-state index contributed by atoms with van der Waals surface area (Å²) in [6, 6.07) is 3.18. The molecule has 0 amide bonds. The molecule has 0 atom stereocenters. The SMILES string of the molecule is Oc1cc(O)c2c(c1)CCCC2. The Labute approximate surface area is 71.5 Å². The van der Waals surface area contributed by atoms with Crippen molar-refractivity contribution in [1.82, 2.24) is 0 Å². The van der Waals surface area contributed by atoms with E-state index >= 15 is 0 Å². The number of fused-ring (bicyclic) bond motifs is 1. The van der Waals surface area contributed by atoms with Gasteiger partial charge in [-0.1, -0.05) is 0 Å². The van der Waals surface area contributed by atoms with Gasteiger partial charge in [-0.15, -0.1) is 0 Å². The lowest BCUT2D eigenvalue weighted by Crippen LogP contribution is -2.02. The van der Waals surface area contributed by atoms with Gasteiger partial charge >= 0.3 is 0 Å². The highest BCUT2D eigenvalue weighted by Gasteiger charge is 2.13. The first-order chi connectivity index (χ1) is 5.77. The number of hydrogen-bond donors (Lipinski definition) is 2. The highest BCUT2D eigenvalue weighted by Crippen LogP contribution is 2.32. The Balaban J connectivity index is 2.53. The van der Waals surface area contributed by atoms with Crippen molar-refractivity contribution in [1.29, 1.82) is 0 Å². The van der Waals surface area contributed by atoms with Crippen molar-refractivity contribution < 1.29 is 10.2 Å². The van der Waals surface area contributed by atoms with Crippen LogP contribution in [0.2, 0.25) is 0 Å². The molecule has 0 aliphatic heterocycles. The van der Waals surface area contributed by atoms with Crippen LogP contribution < -0.4 is 0 Å². The standard InChI is InChI=1S/C10H12O2/c11-8-5-7-3-1-2-4-9(7)10(12)6-8/h5-6,11-12H,1-4H2. The molecule has 0 heterocycles. The molecule has 1 aromatic carbocycles. The van der Waals surface area contributed by atoms with Crippen LogP contribution in [0, 0.1) is 0 Å². The molecule has 0 radical (unpaired) electrons. The molecule has 2 heteroatoms. The molecule has 0 spiro atoms. The highest BCUT2D eigenvalue weighted by atomic mass is 16.3. The Morgan fingerprint density at radius 3 is 2.58 bits per heavy atom. The molecule has 2 nitrogen and oxygen atoms in total. The van der Waals surface area contributed by atoms with Gasteiger partial charge in [-0.05, 0) is 42.9 Å². The van der Waals surface area contributed by atoms with E-state index in [-0.39, 0.29) is 11.5 Å². The van der Waals surface area contributed by atoms with E-state index in [1.54, 1.807) is 6.07 Å². The first kappa shape index (κ1) is 7.47. The van der Waals surface area contributed by atoms with Gasteiger partial charge in [-0.25, -0.2) is 0 Å². The van der Waals surface area contributed by atoms with Gasteiger partial charge < -0.3 is 10.2 Å². The monoisotopic (exact) mass is 164 g/mol. The van der Waals surface area contributed by atoms with Crippen LogP contribution in [0.15, 0.2) is 12.1 Å². The quantitative estimate of drug-likeness (QED) is 0.615. The number of phenols is 2. The van der Waals surface area contributed by atoms with Crippen molar-refractivity contribution in [3.63, 3.8) is 0 Å². The van der Waals surface area contributed by atoms with E-state index in [2.05, 4.69) is 0 Å². The van der Waals surface area contributed by atoms with E-state index in [0.717, 1.165) is 36.8 Å². The molecule has 0 fully saturated rings. The second kappa shape index (κ2) is 2.70. The second-order valence-electron chi connectivity index (χ2n) is 3.31. The largest absolute Gasteiger partial charge is 0.508 e. The summed E-state index contributed by atoms with van der Waals surface area (Å²) in [7, 11) is 0. The lowest BCUT2D eigenvalue weighted by atomic mass is 9.91. The van der Waals surface area contributed by atoms with Crippen LogP contribution in [0.3, 0.4) is 0 Å². The number of aryl methyl sites for hydroxylation is 1. The summed E-state index contributed by atoms with van der Waals surface area (Å²) in [6.45, 7) is 0. The molecule has 12 heavy (non-hydrogen) atoms. The molecule has 0 aromatic heterocycles. The van der Waals surface area contributed by atoms with Crippen molar-refractivity contribution in [2.45, 2.75) is 25.7 Å². The predicted molar refractivity (Wildman–Crippen MR) is 46.4 cm³/mol. The van der Waals surface area contributed by atoms with Crippen molar-refractivity contribution in [2.24, 2.45) is 0 Å². The van der Waals surface area contributed by atoms with Crippen LogP contribution in [0.1, 0.15) is 24.0 Å². The number of phenolic OH excluding ortho intramolecular Hbond substituents is 2. The van der Waals surface area contributed by atoms with Gasteiger partial charge in [0.2, 0.25) is 0 Å². The molecule has 1 aliphatic carbocycles. The average molecular weight is 164 g/mol. The fourth-order valence-corrected chi connectivity index (χ4v) is 1.83. The van der Waals surface area contributed by atoms with Crippen molar-refractivity contribution in [3.05, 3.63) is 23.3 Å². The third-order valence-corrected chi connectivity index (χ3v) is 2.43. The minimum Gasteiger partial charge on any atom is -0.508 e. The fraction of sp³-hybridized carbons (Fsp3) is 0.400. The molecule has 1 aliphatic rings. The maximum Gasteiger partial charge on any atom is 0.122 e. The lowest BCUT2D eigenvalue weighted by Gasteiger charge is -2.16. The van der Waals surface area contributed by atoms with E-state index in [4.69, 9.17) is 0 Å². The minimum atomic E-state index is 0.174. The molecular formula is C10H12O2. The predicted octanol–water partition coefficient (Wildman–Crippen LogP) is 1.98. The van der Waals surface area contributed by atoms with Crippen molar-refractivity contribution >= 4 is 0 Å². The van der Waals surface area contributed by atoms with Gasteiger partial charge in [0.1, 0.15) is 11.5 Å². The first-order valence-corrected chi connectivity index (χ1v) is 4.31. The van der Waals surface area contributed by atoms with Gasteiger partial charge in [0, 0.05) is 6.07 Å². The highest BCUT2D eigenvalue weighted by molar-refractivity contribution is 5.46. The van der Waals surface area contributed by atoms with E-state index in [9.17, 15) is 10.2 Å². The Morgan fingerprint density at radius 1 is 1.00 bits per heavy atom. The van der Waals surface area contributed by atoms with Gasteiger partial charge in [0.05, 0.1) is 0 Å². The molecule has 1 aromatic rings. The topological polar surface area (TPSA) is 40.5 Å². The molecule has 0 bridgehead atoms. The lowest BCUT2D eigenvalue weighted by molar-refractivity contribution is 0.440. The van der Waals surface area contributed by atoms with Crippen LogP contribution >= 0.6 is 0 Å². The van der Waals surface area contributed by atoms with Gasteiger partial charge in [-0.3, -0.25) is 0 Å². The smallest absolute Gasteiger partial charge is 0.122 e. The summed E-state index contributed by atoms with van der Waals surface area (Å²) in [5.74, 6) is 0.429. The summed E-state index contributed by atoms with van der Waals surface area (Å²) in [6.07, 6.45) is 4.24. The molecule has 0 saturated carbocycles. The molecular weight excluding hydrogens is 152 g/mol. The summed E-state index contributed by atoms with van der Waals surface area (Å²) >= 11 is 0. The van der Waals surface area contributed by atoms with Crippen LogP contribution in [0.5, 0.6) is 11.5 Å². The van der Waals surface area contributed by atoms with E-state index < -0.39 is 0 Å².